The molecule has 3 N–H and O–H groups in total. The number of hydrogen-bond donors (Lipinski definition) is 2. The molecule has 106 valence electrons. The molecule has 0 aromatic heterocycles. The molecule has 4 nitrogen and oxygen atoms in total. The molecule has 1 heterocycles. The lowest BCUT2D eigenvalue weighted by molar-refractivity contribution is -0.182. The van der Waals surface area contributed by atoms with Crippen LogP contribution in [0.4, 0.5) is 5.69 Å². The number of nitrogen functional groups attached to an aromatic ring is 1. The van der Waals surface area contributed by atoms with Crippen molar-refractivity contribution in [1.82, 2.24) is 4.90 Å². The summed E-state index contributed by atoms with van der Waals surface area (Å²) in [5.41, 5.74) is 6.97. The molecule has 0 amide bonds. The molecule has 0 atom stereocenters. The van der Waals surface area contributed by atoms with Crippen LogP contribution in [0, 0.1) is 0 Å². The summed E-state index contributed by atoms with van der Waals surface area (Å²) in [6.07, 6.45) is 0. The monoisotopic (exact) mass is 264 g/mol. The highest BCUT2D eigenvalue weighted by Crippen LogP contribution is 2.30. The molecule has 19 heavy (non-hydrogen) atoms. The maximum atomic E-state index is 9.91. The molecular formula is C15H24N2O2. The van der Waals surface area contributed by atoms with Gasteiger partial charge in [0.25, 0.3) is 0 Å². The lowest BCUT2D eigenvalue weighted by atomic mass is 9.98. The van der Waals surface area contributed by atoms with Crippen molar-refractivity contribution in [2.75, 3.05) is 18.8 Å². The number of morpholine rings is 1. The van der Waals surface area contributed by atoms with E-state index in [4.69, 9.17) is 10.5 Å². The summed E-state index contributed by atoms with van der Waals surface area (Å²) in [5.74, 6) is 0.302. The summed E-state index contributed by atoms with van der Waals surface area (Å²) >= 11 is 0. The van der Waals surface area contributed by atoms with Gasteiger partial charge in [-0.1, -0.05) is 0 Å². The Morgan fingerprint density at radius 1 is 1.21 bits per heavy atom. The van der Waals surface area contributed by atoms with E-state index in [1.807, 2.05) is 6.07 Å². The van der Waals surface area contributed by atoms with Gasteiger partial charge in [0.05, 0.1) is 11.2 Å². The molecule has 0 bridgehead atoms. The van der Waals surface area contributed by atoms with Crippen LogP contribution in [-0.4, -0.2) is 34.3 Å². The number of phenols is 1. The summed E-state index contributed by atoms with van der Waals surface area (Å²) in [4.78, 5) is 2.30. The van der Waals surface area contributed by atoms with Crippen molar-refractivity contribution in [1.29, 1.82) is 0 Å². The van der Waals surface area contributed by atoms with Gasteiger partial charge in [-0.2, -0.15) is 0 Å². The SMILES string of the molecule is CC1(C)CN(Cc2cc(N)ccc2O)CC(C)(C)O1. The van der Waals surface area contributed by atoms with E-state index in [9.17, 15) is 5.11 Å². The van der Waals surface area contributed by atoms with Gasteiger partial charge in [0, 0.05) is 30.9 Å². The smallest absolute Gasteiger partial charge is 0.120 e. The van der Waals surface area contributed by atoms with Crippen LogP contribution in [0.1, 0.15) is 33.3 Å². The maximum absolute atomic E-state index is 9.91. The largest absolute Gasteiger partial charge is 0.508 e. The highest BCUT2D eigenvalue weighted by molar-refractivity contribution is 5.47. The van der Waals surface area contributed by atoms with Gasteiger partial charge in [-0.3, -0.25) is 4.90 Å². The minimum atomic E-state index is -0.183. The van der Waals surface area contributed by atoms with E-state index < -0.39 is 0 Å². The Bertz CT molecular complexity index is 453. The Labute approximate surface area is 115 Å². The first-order valence-electron chi connectivity index (χ1n) is 6.67. The standard InChI is InChI=1S/C15H24N2O2/c1-14(2)9-17(10-15(3,4)19-14)8-11-7-12(16)5-6-13(11)18/h5-7,18H,8-10,16H2,1-4H3. The number of nitrogens with zero attached hydrogens (tertiary/aromatic N) is 1. The van der Waals surface area contributed by atoms with Gasteiger partial charge >= 0.3 is 0 Å². The van der Waals surface area contributed by atoms with Crippen molar-refractivity contribution in [3.05, 3.63) is 23.8 Å². The molecular weight excluding hydrogens is 240 g/mol. The normalized spacial score (nSPS) is 22.3. The number of anilines is 1. The van der Waals surface area contributed by atoms with E-state index in [0.717, 1.165) is 18.7 Å². The van der Waals surface area contributed by atoms with E-state index in [2.05, 4.69) is 32.6 Å². The third kappa shape index (κ3) is 3.61. The van der Waals surface area contributed by atoms with Gasteiger partial charge in [-0.25, -0.2) is 0 Å². The van der Waals surface area contributed by atoms with Crippen molar-refractivity contribution >= 4 is 5.69 Å². The Kier molecular flexibility index (Phi) is 3.49. The lowest BCUT2D eigenvalue weighted by Gasteiger charge is -2.47. The van der Waals surface area contributed by atoms with Gasteiger partial charge in [0.1, 0.15) is 5.75 Å². The van der Waals surface area contributed by atoms with Gasteiger partial charge in [-0.05, 0) is 45.9 Å². The predicted octanol–water partition coefficient (Wildman–Crippen LogP) is 2.36. The van der Waals surface area contributed by atoms with Crippen LogP contribution >= 0.6 is 0 Å². The molecule has 1 aliphatic heterocycles. The predicted molar refractivity (Wildman–Crippen MR) is 77.0 cm³/mol. The number of nitrogens with two attached hydrogens (primary N) is 1. The van der Waals surface area contributed by atoms with Crippen molar-refractivity contribution in [3.63, 3.8) is 0 Å². The van der Waals surface area contributed by atoms with Crippen LogP contribution in [-0.2, 0) is 11.3 Å². The van der Waals surface area contributed by atoms with E-state index in [0.29, 0.717) is 18.0 Å². The Morgan fingerprint density at radius 2 is 1.79 bits per heavy atom. The van der Waals surface area contributed by atoms with E-state index >= 15 is 0 Å². The minimum Gasteiger partial charge on any atom is -0.508 e. The molecule has 1 aromatic rings. The minimum absolute atomic E-state index is 0.183. The van der Waals surface area contributed by atoms with Crippen LogP contribution < -0.4 is 5.73 Å². The molecule has 1 aromatic carbocycles. The number of ether oxygens (including phenoxy) is 1. The van der Waals surface area contributed by atoms with Gasteiger partial charge in [-0.15, -0.1) is 0 Å². The Morgan fingerprint density at radius 3 is 2.37 bits per heavy atom. The van der Waals surface area contributed by atoms with E-state index in [1.54, 1.807) is 12.1 Å². The summed E-state index contributed by atoms with van der Waals surface area (Å²) in [6.45, 7) is 10.8. The number of rotatable bonds is 2. The topological polar surface area (TPSA) is 58.7 Å². The number of hydrogen-bond acceptors (Lipinski definition) is 4. The Balaban J connectivity index is 2.16. The molecule has 0 spiro atoms. The van der Waals surface area contributed by atoms with Crippen LogP contribution in [0.15, 0.2) is 18.2 Å². The second-order valence-electron chi connectivity index (χ2n) is 6.65. The fourth-order valence-corrected chi connectivity index (χ4v) is 3.03. The first-order chi connectivity index (χ1) is 8.67. The highest BCUT2D eigenvalue weighted by Gasteiger charge is 2.38. The average Bonchev–Trinajstić information content (AvgIpc) is 2.18. The van der Waals surface area contributed by atoms with Crippen LogP contribution in [0.5, 0.6) is 5.75 Å². The maximum Gasteiger partial charge on any atom is 0.120 e. The van der Waals surface area contributed by atoms with Gasteiger partial charge < -0.3 is 15.6 Å². The summed E-state index contributed by atoms with van der Waals surface area (Å²) < 4.78 is 6.05. The number of phenolic OH excluding ortho intramolecular Hbond substituents is 1. The third-order valence-corrected chi connectivity index (χ3v) is 3.26. The van der Waals surface area contributed by atoms with Crippen molar-refractivity contribution < 1.29 is 9.84 Å². The highest BCUT2D eigenvalue weighted by atomic mass is 16.5. The van der Waals surface area contributed by atoms with Crippen LogP contribution in [0.25, 0.3) is 0 Å². The van der Waals surface area contributed by atoms with Gasteiger partial charge in [0.15, 0.2) is 0 Å². The Hall–Kier alpha value is -1.26. The van der Waals surface area contributed by atoms with Crippen molar-refractivity contribution in [3.8, 4) is 5.75 Å². The molecule has 1 saturated heterocycles. The van der Waals surface area contributed by atoms with Crippen molar-refractivity contribution in [2.24, 2.45) is 0 Å². The van der Waals surface area contributed by atoms with Crippen LogP contribution in [0.2, 0.25) is 0 Å². The summed E-state index contributed by atoms with van der Waals surface area (Å²) in [6, 6.07) is 5.21. The first kappa shape index (κ1) is 14.2. The van der Waals surface area contributed by atoms with Gasteiger partial charge in [0.2, 0.25) is 0 Å². The first-order valence-corrected chi connectivity index (χ1v) is 6.67. The fraction of sp³-hybridized carbons (Fsp3) is 0.600. The zero-order valence-electron chi connectivity index (χ0n) is 12.2. The molecule has 0 saturated carbocycles. The van der Waals surface area contributed by atoms with Crippen LogP contribution in [0.3, 0.4) is 0 Å². The third-order valence-electron chi connectivity index (χ3n) is 3.26. The molecule has 4 heteroatoms. The zero-order valence-corrected chi connectivity index (χ0v) is 12.2. The molecule has 1 fully saturated rings. The second-order valence-corrected chi connectivity index (χ2v) is 6.65. The second kappa shape index (κ2) is 4.69. The quantitative estimate of drug-likeness (QED) is 0.636. The molecule has 0 aliphatic carbocycles. The molecule has 2 rings (SSSR count). The average molecular weight is 264 g/mol. The number of aromatic hydroxyl groups is 1. The zero-order chi connectivity index (χ0) is 14.3. The number of benzene rings is 1. The molecule has 0 radical (unpaired) electrons. The lowest BCUT2D eigenvalue weighted by Crippen LogP contribution is -2.56. The van der Waals surface area contributed by atoms with E-state index in [-0.39, 0.29) is 11.2 Å². The molecule has 1 aliphatic rings. The fourth-order valence-electron chi connectivity index (χ4n) is 3.03. The van der Waals surface area contributed by atoms with Crippen molar-refractivity contribution in [2.45, 2.75) is 45.4 Å². The van der Waals surface area contributed by atoms with E-state index in [1.165, 1.54) is 0 Å². The summed E-state index contributed by atoms with van der Waals surface area (Å²) in [5, 5.41) is 9.91. The molecule has 0 unspecified atom stereocenters. The summed E-state index contributed by atoms with van der Waals surface area (Å²) in [7, 11) is 0.